The van der Waals surface area contributed by atoms with Gasteiger partial charge in [0.2, 0.25) is 18.1 Å². The van der Waals surface area contributed by atoms with E-state index in [1.165, 1.54) is 12.1 Å². The number of nitrogens with zero attached hydrogens (tertiary/aromatic N) is 4. The molecule has 3 aromatic heterocycles. The number of furan rings is 1. The van der Waals surface area contributed by atoms with E-state index < -0.39 is 11.7 Å². The molecule has 0 atom stereocenters. The first kappa shape index (κ1) is 26.0. The lowest BCUT2D eigenvalue weighted by molar-refractivity contribution is -0.231. The van der Waals surface area contributed by atoms with Crippen LogP contribution < -0.4 is 10.6 Å². The van der Waals surface area contributed by atoms with Crippen molar-refractivity contribution in [3.05, 3.63) is 72.3 Å². The molecule has 11 nitrogen and oxygen atoms in total. The largest absolute Gasteiger partial charge is 0.467 e. The number of carbonyl (C=O) groups excluding carboxylic acids is 1. The summed E-state index contributed by atoms with van der Waals surface area (Å²) in [6.07, 6.45) is 2.56. The van der Waals surface area contributed by atoms with E-state index in [0.717, 1.165) is 5.76 Å². The highest BCUT2D eigenvalue weighted by Gasteiger charge is 2.40. The van der Waals surface area contributed by atoms with Crippen LogP contribution in [0.2, 0.25) is 0 Å². The van der Waals surface area contributed by atoms with Crippen molar-refractivity contribution in [1.29, 1.82) is 5.26 Å². The Hall–Kier alpha value is -4.60. The standard InChI is InChI=1S/C27H26FN7O4/c1-27(25(36)30-11-3-10-29)15-38-24(39-16-27)23-34-21(17-5-7-18(28)8-6-17)22(35-23)20-9-12-31-26(33-20)32-14-19-4-2-13-37-19/h2,4-9,12-13,24H,3,11,14-16H2,1H3,(H,30,36)(H,34,35)(H,31,32,33). The van der Waals surface area contributed by atoms with Gasteiger partial charge >= 0.3 is 0 Å². The maximum atomic E-state index is 13.7. The summed E-state index contributed by atoms with van der Waals surface area (Å²) < 4.78 is 30.8. The van der Waals surface area contributed by atoms with E-state index in [4.69, 9.17) is 24.1 Å². The molecule has 3 N–H and O–H groups in total. The number of nitrogens with one attached hydrogen (secondary N) is 3. The van der Waals surface area contributed by atoms with Crippen LogP contribution >= 0.6 is 0 Å². The first-order valence-corrected chi connectivity index (χ1v) is 12.3. The number of benzene rings is 1. The maximum absolute atomic E-state index is 13.7. The smallest absolute Gasteiger partial charge is 0.230 e. The van der Waals surface area contributed by atoms with E-state index in [-0.39, 0.29) is 37.9 Å². The summed E-state index contributed by atoms with van der Waals surface area (Å²) in [6, 6.07) is 13.3. The molecule has 0 unspecified atom stereocenters. The first-order chi connectivity index (χ1) is 18.9. The van der Waals surface area contributed by atoms with Crippen molar-refractivity contribution in [2.45, 2.75) is 26.2 Å². The van der Waals surface area contributed by atoms with Gasteiger partial charge in [0, 0.05) is 18.3 Å². The van der Waals surface area contributed by atoms with Crippen LogP contribution in [0.15, 0.2) is 59.3 Å². The minimum atomic E-state index is -0.914. The fourth-order valence-electron chi connectivity index (χ4n) is 4.01. The van der Waals surface area contributed by atoms with Gasteiger partial charge < -0.3 is 29.5 Å². The summed E-state index contributed by atoms with van der Waals surface area (Å²) >= 11 is 0. The minimum absolute atomic E-state index is 0.0896. The lowest BCUT2D eigenvalue weighted by Crippen LogP contribution is -2.48. The molecule has 5 rings (SSSR count). The normalized spacial score (nSPS) is 18.8. The monoisotopic (exact) mass is 531 g/mol. The van der Waals surface area contributed by atoms with Crippen molar-refractivity contribution in [3.63, 3.8) is 0 Å². The zero-order valence-electron chi connectivity index (χ0n) is 21.1. The van der Waals surface area contributed by atoms with Crippen LogP contribution in [0.25, 0.3) is 22.6 Å². The third kappa shape index (κ3) is 5.95. The lowest BCUT2D eigenvalue weighted by Gasteiger charge is -2.35. The maximum Gasteiger partial charge on any atom is 0.230 e. The molecule has 39 heavy (non-hydrogen) atoms. The van der Waals surface area contributed by atoms with Crippen LogP contribution in [-0.2, 0) is 20.8 Å². The predicted octanol–water partition coefficient (Wildman–Crippen LogP) is 3.96. The number of amides is 1. The van der Waals surface area contributed by atoms with E-state index in [9.17, 15) is 9.18 Å². The third-order valence-electron chi connectivity index (χ3n) is 6.15. The molecule has 0 radical (unpaired) electrons. The van der Waals surface area contributed by atoms with Gasteiger partial charge in [-0.05, 0) is 49.4 Å². The summed E-state index contributed by atoms with van der Waals surface area (Å²) in [7, 11) is 0. The van der Waals surface area contributed by atoms with Crippen molar-refractivity contribution in [1.82, 2.24) is 25.3 Å². The van der Waals surface area contributed by atoms with Crippen LogP contribution in [0.1, 0.15) is 31.2 Å². The number of rotatable bonds is 9. The number of hydrogen-bond donors (Lipinski definition) is 3. The quantitative estimate of drug-likeness (QED) is 0.273. The van der Waals surface area contributed by atoms with Crippen molar-refractivity contribution in [2.24, 2.45) is 5.41 Å². The summed E-state index contributed by atoms with van der Waals surface area (Å²) in [4.78, 5) is 29.5. The van der Waals surface area contributed by atoms with Gasteiger partial charge in [0.15, 0.2) is 5.82 Å². The molecule has 0 bridgehead atoms. The molecule has 1 saturated heterocycles. The van der Waals surface area contributed by atoms with Crippen LogP contribution in [0.3, 0.4) is 0 Å². The first-order valence-electron chi connectivity index (χ1n) is 12.3. The number of ether oxygens (including phenoxy) is 2. The Kier molecular flexibility index (Phi) is 7.62. The number of H-pyrrole nitrogens is 1. The molecule has 4 heterocycles. The number of hydrogen-bond acceptors (Lipinski definition) is 9. The number of nitriles is 1. The van der Waals surface area contributed by atoms with E-state index in [1.807, 2.05) is 12.1 Å². The van der Waals surface area contributed by atoms with Gasteiger partial charge in [-0.2, -0.15) is 5.26 Å². The van der Waals surface area contributed by atoms with Crippen molar-refractivity contribution in [2.75, 3.05) is 25.1 Å². The predicted molar refractivity (Wildman–Crippen MR) is 137 cm³/mol. The Morgan fingerprint density at radius 1 is 1.21 bits per heavy atom. The Morgan fingerprint density at radius 2 is 2.00 bits per heavy atom. The fourth-order valence-corrected chi connectivity index (χ4v) is 4.01. The average Bonchev–Trinajstić information content (AvgIpc) is 3.64. The second-order valence-corrected chi connectivity index (χ2v) is 9.23. The highest BCUT2D eigenvalue weighted by molar-refractivity contribution is 5.82. The van der Waals surface area contributed by atoms with E-state index >= 15 is 0 Å². The zero-order chi connectivity index (χ0) is 27.2. The number of aromatic nitrogens is 4. The SMILES string of the molecule is CC1(C(=O)NCCC#N)COC(c2nc(-c3ccc(F)cc3)c(-c3ccnc(NCc4ccco4)n3)[nH]2)OC1. The number of halogens is 1. The summed E-state index contributed by atoms with van der Waals surface area (Å²) in [6.45, 7) is 2.58. The lowest BCUT2D eigenvalue weighted by atomic mass is 9.91. The number of anilines is 1. The third-order valence-corrected chi connectivity index (χ3v) is 6.15. The molecule has 1 fully saturated rings. The van der Waals surface area contributed by atoms with Gasteiger partial charge in [-0.1, -0.05) is 0 Å². The van der Waals surface area contributed by atoms with Crippen LogP contribution in [0.5, 0.6) is 0 Å². The number of aromatic amines is 1. The highest BCUT2D eigenvalue weighted by atomic mass is 19.1. The second kappa shape index (κ2) is 11.4. The molecule has 200 valence electrons. The Bertz CT molecular complexity index is 1460. The van der Waals surface area contributed by atoms with Crippen molar-refractivity contribution < 1.29 is 23.1 Å². The Balaban J connectivity index is 1.39. The minimum Gasteiger partial charge on any atom is -0.467 e. The topological polar surface area (TPSA) is 151 Å². The molecule has 12 heteroatoms. The molecule has 1 aliphatic heterocycles. The highest BCUT2D eigenvalue weighted by Crippen LogP contribution is 2.35. The molecule has 1 amide bonds. The fraction of sp³-hybridized carbons (Fsp3) is 0.296. The van der Waals surface area contributed by atoms with E-state index in [0.29, 0.717) is 41.0 Å². The Morgan fingerprint density at radius 3 is 2.72 bits per heavy atom. The van der Waals surface area contributed by atoms with Gasteiger partial charge in [-0.15, -0.1) is 0 Å². The summed E-state index contributed by atoms with van der Waals surface area (Å²) in [5, 5.41) is 14.6. The van der Waals surface area contributed by atoms with Crippen molar-refractivity contribution >= 4 is 11.9 Å². The van der Waals surface area contributed by atoms with Gasteiger partial charge in [-0.25, -0.2) is 19.3 Å². The second-order valence-electron chi connectivity index (χ2n) is 9.23. The molecule has 0 spiro atoms. The summed E-state index contributed by atoms with van der Waals surface area (Å²) in [5.41, 5.74) is 1.38. The van der Waals surface area contributed by atoms with E-state index in [1.54, 1.807) is 43.6 Å². The zero-order valence-corrected chi connectivity index (χ0v) is 21.1. The van der Waals surface area contributed by atoms with Crippen LogP contribution in [0, 0.1) is 22.6 Å². The molecular weight excluding hydrogens is 505 g/mol. The summed E-state index contributed by atoms with van der Waals surface area (Å²) in [5.74, 6) is 0.873. The van der Waals surface area contributed by atoms with Gasteiger partial charge in [-0.3, -0.25) is 4.79 Å². The van der Waals surface area contributed by atoms with Gasteiger partial charge in [0.25, 0.3) is 0 Å². The van der Waals surface area contributed by atoms with Crippen molar-refractivity contribution in [3.8, 4) is 28.7 Å². The Labute approximate surface area is 223 Å². The molecule has 0 saturated carbocycles. The molecule has 1 aromatic carbocycles. The molecule has 1 aliphatic rings. The van der Waals surface area contributed by atoms with Gasteiger partial charge in [0.05, 0.1) is 61.0 Å². The van der Waals surface area contributed by atoms with E-state index in [2.05, 4.69) is 25.6 Å². The van der Waals surface area contributed by atoms with Crippen LogP contribution in [0.4, 0.5) is 10.3 Å². The molecule has 0 aliphatic carbocycles. The molecule has 4 aromatic rings. The van der Waals surface area contributed by atoms with Gasteiger partial charge in [0.1, 0.15) is 11.6 Å². The number of imidazole rings is 1. The number of carbonyl (C=O) groups is 1. The molecular formula is C27H26FN7O4. The van der Waals surface area contributed by atoms with Crippen LogP contribution in [-0.4, -0.2) is 45.6 Å². The average molecular weight is 532 g/mol.